The minimum absolute atomic E-state index is 0.0356. The molecule has 1 unspecified atom stereocenters. The standard InChI is InChI=1S/C9H14N4O4/c1-4-12-9(10)11-3-13(4)8-7(16)6(15)5(2-14)17-8/h3,5-8,14-16H,1-2H2,(H2,10,12)/t5-,6+,7?,8-/m1/s1/i8D. The van der Waals surface area contributed by atoms with E-state index in [0.717, 1.165) is 11.2 Å². The maximum Gasteiger partial charge on any atom is 0.223 e. The average molecular weight is 243 g/mol. The van der Waals surface area contributed by atoms with Gasteiger partial charge in [-0.2, -0.15) is 4.99 Å². The van der Waals surface area contributed by atoms with Crippen LogP contribution in [-0.4, -0.2) is 63.6 Å². The Morgan fingerprint density at radius 3 is 2.82 bits per heavy atom. The van der Waals surface area contributed by atoms with Crippen molar-refractivity contribution in [3.8, 4) is 0 Å². The zero-order valence-corrected chi connectivity index (χ0v) is 8.89. The molecule has 5 N–H and O–H groups in total. The summed E-state index contributed by atoms with van der Waals surface area (Å²) in [5.41, 5.74) is 5.36. The van der Waals surface area contributed by atoms with Crippen LogP contribution in [0.2, 0.25) is 0 Å². The lowest BCUT2D eigenvalue weighted by Crippen LogP contribution is -2.44. The van der Waals surface area contributed by atoms with Crippen LogP contribution in [0.5, 0.6) is 0 Å². The molecule has 0 aliphatic carbocycles. The molecule has 2 aliphatic heterocycles. The van der Waals surface area contributed by atoms with Crippen molar-refractivity contribution >= 4 is 12.3 Å². The Balaban J connectivity index is 2.28. The molecule has 0 aromatic heterocycles. The van der Waals surface area contributed by atoms with Crippen molar-refractivity contribution < 1.29 is 21.4 Å². The smallest absolute Gasteiger partial charge is 0.223 e. The maximum absolute atomic E-state index is 9.86. The molecule has 8 heteroatoms. The van der Waals surface area contributed by atoms with Gasteiger partial charge in [-0.15, -0.1) is 0 Å². The van der Waals surface area contributed by atoms with E-state index in [2.05, 4.69) is 16.6 Å². The number of nitrogens with two attached hydrogens (primary N) is 1. The third-order valence-corrected chi connectivity index (χ3v) is 2.47. The van der Waals surface area contributed by atoms with Crippen LogP contribution in [-0.2, 0) is 4.74 Å². The van der Waals surface area contributed by atoms with Crippen LogP contribution in [0.4, 0.5) is 0 Å². The fourth-order valence-electron chi connectivity index (χ4n) is 1.57. The lowest BCUT2D eigenvalue weighted by molar-refractivity contribution is -0.0607. The molecule has 0 amide bonds. The molecule has 0 aromatic carbocycles. The summed E-state index contributed by atoms with van der Waals surface area (Å²) in [5, 5.41) is 28.5. The zero-order chi connectivity index (χ0) is 13.5. The van der Waals surface area contributed by atoms with E-state index in [-0.39, 0.29) is 11.8 Å². The molecule has 0 spiro atoms. The lowest BCUT2D eigenvalue weighted by atomic mass is 10.1. The monoisotopic (exact) mass is 243 g/mol. The highest BCUT2D eigenvalue weighted by Crippen LogP contribution is 2.26. The van der Waals surface area contributed by atoms with Crippen molar-refractivity contribution in [2.24, 2.45) is 15.7 Å². The molecule has 0 saturated carbocycles. The first-order valence-electron chi connectivity index (χ1n) is 5.41. The van der Waals surface area contributed by atoms with Gasteiger partial charge in [0.2, 0.25) is 5.96 Å². The largest absolute Gasteiger partial charge is 0.394 e. The van der Waals surface area contributed by atoms with Gasteiger partial charge in [0.1, 0.15) is 30.5 Å². The van der Waals surface area contributed by atoms with Crippen LogP contribution < -0.4 is 5.73 Å². The Morgan fingerprint density at radius 1 is 1.59 bits per heavy atom. The number of nitrogens with zero attached hydrogens (tertiary/aromatic N) is 3. The van der Waals surface area contributed by atoms with Crippen LogP contribution in [0.25, 0.3) is 0 Å². The first kappa shape index (κ1) is 10.7. The van der Waals surface area contributed by atoms with E-state index in [0.29, 0.717) is 0 Å². The number of rotatable bonds is 2. The van der Waals surface area contributed by atoms with Gasteiger partial charge in [-0.3, -0.25) is 4.90 Å². The van der Waals surface area contributed by atoms with Crippen molar-refractivity contribution in [1.29, 1.82) is 0 Å². The molecule has 4 atom stereocenters. The van der Waals surface area contributed by atoms with Crippen LogP contribution in [0, 0.1) is 0 Å². The second kappa shape index (κ2) is 4.41. The van der Waals surface area contributed by atoms with Gasteiger partial charge in [-0.25, -0.2) is 4.99 Å². The van der Waals surface area contributed by atoms with E-state index in [4.69, 9.17) is 16.9 Å². The third kappa shape index (κ3) is 2.03. The first-order valence-corrected chi connectivity index (χ1v) is 4.91. The van der Waals surface area contributed by atoms with Gasteiger partial charge >= 0.3 is 0 Å². The number of ether oxygens (including phenoxy) is 1. The number of hydrogen-bond acceptors (Lipinski definition) is 8. The minimum atomic E-state index is -2.06. The molecule has 0 radical (unpaired) electrons. The van der Waals surface area contributed by atoms with E-state index < -0.39 is 31.1 Å². The van der Waals surface area contributed by atoms with Gasteiger partial charge < -0.3 is 25.8 Å². The van der Waals surface area contributed by atoms with Crippen LogP contribution in [0.3, 0.4) is 0 Å². The van der Waals surface area contributed by atoms with E-state index in [1.807, 2.05) is 0 Å². The summed E-state index contributed by atoms with van der Waals surface area (Å²) < 4.78 is 13.2. The number of guanidine groups is 1. The highest BCUT2D eigenvalue weighted by atomic mass is 16.6. The van der Waals surface area contributed by atoms with Crippen LogP contribution in [0.15, 0.2) is 22.4 Å². The highest BCUT2D eigenvalue weighted by molar-refractivity contribution is 5.89. The van der Waals surface area contributed by atoms with Gasteiger partial charge in [0.05, 0.1) is 7.98 Å². The van der Waals surface area contributed by atoms with Crippen LogP contribution >= 0.6 is 0 Å². The molecule has 8 nitrogen and oxygen atoms in total. The molecule has 94 valence electrons. The molecule has 2 heterocycles. The fourth-order valence-corrected chi connectivity index (χ4v) is 1.57. The Labute approximate surface area is 98.7 Å². The van der Waals surface area contributed by atoms with Gasteiger partial charge in [-0.1, -0.05) is 6.58 Å². The number of aliphatic hydroxyl groups excluding tert-OH is 3. The van der Waals surface area contributed by atoms with Crippen molar-refractivity contribution in [3.05, 3.63) is 12.4 Å². The topological polar surface area (TPSA) is 124 Å². The summed E-state index contributed by atoms with van der Waals surface area (Å²) in [7, 11) is 0. The lowest BCUT2D eigenvalue weighted by Gasteiger charge is -2.29. The fraction of sp³-hybridized carbons (Fsp3) is 0.556. The molecule has 2 rings (SSSR count). The van der Waals surface area contributed by atoms with Crippen molar-refractivity contribution in [1.82, 2.24) is 4.90 Å². The zero-order valence-electron chi connectivity index (χ0n) is 9.89. The van der Waals surface area contributed by atoms with Gasteiger partial charge in [0.25, 0.3) is 0 Å². The Morgan fingerprint density at radius 2 is 2.29 bits per heavy atom. The molecule has 17 heavy (non-hydrogen) atoms. The van der Waals surface area contributed by atoms with Gasteiger partial charge in [0.15, 0.2) is 6.20 Å². The Bertz CT molecular complexity index is 429. The molecule has 1 fully saturated rings. The Hall–Kier alpha value is -1.48. The van der Waals surface area contributed by atoms with Gasteiger partial charge in [0, 0.05) is 0 Å². The predicted octanol–water partition coefficient (Wildman–Crippen LogP) is -2.44. The number of hydrogen-bond donors (Lipinski definition) is 4. The molecule has 0 bridgehead atoms. The Kier molecular flexibility index (Phi) is 2.77. The van der Waals surface area contributed by atoms with E-state index >= 15 is 0 Å². The van der Waals surface area contributed by atoms with E-state index in [1.165, 1.54) is 0 Å². The molecule has 1 saturated heterocycles. The summed E-state index contributed by atoms with van der Waals surface area (Å²) in [4.78, 5) is 8.45. The third-order valence-electron chi connectivity index (χ3n) is 2.47. The summed E-state index contributed by atoms with van der Waals surface area (Å²) in [5.74, 6) is 0.00827. The predicted molar refractivity (Wildman–Crippen MR) is 58.9 cm³/mol. The van der Waals surface area contributed by atoms with Gasteiger partial charge in [-0.05, 0) is 0 Å². The number of aliphatic imine (C=N–C) groups is 2. The van der Waals surface area contributed by atoms with E-state index in [9.17, 15) is 10.2 Å². The summed E-state index contributed by atoms with van der Waals surface area (Å²) in [6.45, 7) is 3.03. The SMILES string of the molecule is [2H][C@@]1(N2C=NC(N)=NC2=C)O[C@H](CO)[C@H](O)C1O. The molecule has 0 aromatic rings. The number of aliphatic hydroxyl groups is 3. The van der Waals surface area contributed by atoms with E-state index in [1.54, 1.807) is 0 Å². The minimum Gasteiger partial charge on any atom is -0.394 e. The normalized spacial score (nSPS) is 42.6. The maximum atomic E-state index is 9.86. The molecular weight excluding hydrogens is 228 g/mol. The average Bonchev–Trinajstić information content (AvgIpc) is 2.54. The van der Waals surface area contributed by atoms with Crippen molar-refractivity contribution in [3.63, 3.8) is 0 Å². The summed E-state index contributed by atoms with van der Waals surface area (Å²) in [6, 6.07) is 0. The van der Waals surface area contributed by atoms with Crippen molar-refractivity contribution in [2.45, 2.75) is 24.5 Å². The second-order valence-corrected chi connectivity index (χ2v) is 3.61. The summed E-state index contributed by atoms with van der Waals surface area (Å²) in [6.07, 6.45) is -4.96. The summed E-state index contributed by atoms with van der Waals surface area (Å²) >= 11 is 0. The second-order valence-electron chi connectivity index (χ2n) is 3.61. The first-order chi connectivity index (χ1) is 8.40. The van der Waals surface area contributed by atoms with Crippen molar-refractivity contribution in [2.75, 3.05) is 6.61 Å². The van der Waals surface area contributed by atoms with Crippen LogP contribution in [0.1, 0.15) is 1.37 Å². The molecular formula is C9H14N4O4. The highest BCUT2D eigenvalue weighted by Gasteiger charge is 2.45. The molecule has 2 aliphatic rings. The quantitative estimate of drug-likeness (QED) is 0.427.